The van der Waals surface area contributed by atoms with E-state index in [-0.39, 0.29) is 17.6 Å². The van der Waals surface area contributed by atoms with Gasteiger partial charge in [-0.2, -0.15) is 4.31 Å². The second-order valence-corrected chi connectivity index (χ2v) is 7.23. The van der Waals surface area contributed by atoms with Crippen LogP contribution in [0.3, 0.4) is 0 Å². The molecular weight excluding hydrogens is 250 g/mol. The van der Waals surface area contributed by atoms with E-state index >= 15 is 0 Å². The summed E-state index contributed by atoms with van der Waals surface area (Å²) in [5.41, 5.74) is 0. The number of sulfonamides is 1. The molecule has 0 saturated carbocycles. The zero-order valence-corrected chi connectivity index (χ0v) is 12.3. The van der Waals surface area contributed by atoms with Crippen molar-refractivity contribution >= 4 is 15.8 Å². The number of rotatable bonds is 6. The van der Waals surface area contributed by atoms with Gasteiger partial charge in [-0.3, -0.25) is 4.79 Å². The molecule has 1 unspecified atom stereocenters. The lowest BCUT2D eigenvalue weighted by atomic mass is 10.1. The van der Waals surface area contributed by atoms with Crippen molar-refractivity contribution in [3.8, 4) is 0 Å². The minimum Gasteiger partial charge on any atom is -0.300 e. The molecule has 1 fully saturated rings. The van der Waals surface area contributed by atoms with Crippen molar-refractivity contribution in [2.75, 3.05) is 12.3 Å². The van der Waals surface area contributed by atoms with E-state index in [0.29, 0.717) is 19.4 Å². The number of ketones is 1. The highest BCUT2D eigenvalue weighted by atomic mass is 32.2. The first-order chi connectivity index (χ1) is 8.47. The van der Waals surface area contributed by atoms with Gasteiger partial charge in [-0.25, -0.2) is 8.42 Å². The number of unbranched alkanes of at least 4 members (excludes halogenated alkanes) is 1. The molecule has 1 atom stereocenters. The number of carbonyl (C=O) groups excluding carboxylic acids is 1. The van der Waals surface area contributed by atoms with Crippen LogP contribution in [0.2, 0.25) is 0 Å². The van der Waals surface area contributed by atoms with Crippen LogP contribution in [-0.4, -0.2) is 36.8 Å². The van der Waals surface area contributed by atoms with Gasteiger partial charge in [0.1, 0.15) is 5.78 Å². The van der Waals surface area contributed by atoms with Gasteiger partial charge in [0.25, 0.3) is 0 Å². The minimum atomic E-state index is -3.18. The Balaban J connectivity index is 2.80. The molecule has 0 aromatic heterocycles. The maximum atomic E-state index is 12.3. The minimum absolute atomic E-state index is 0.0811. The van der Waals surface area contributed by atoms with E-state index in [4.69, 9.17) is 0 Å². The molecular formula is C13H25NO3S. The monoisotopic (exact) mass is 275 g/mol. The molecule has 106 valence electrons. The summed E-state index contributed by atoms with van der Waals surface area (Å²) in [6, 6.07) is -0.105. The Morgan fingerprint density at radius 3 is 2.61 bits per heavy atom. The molecule has 5 heteroatoms. The van der Waals surface area contributed by atoms with E-state index in [2.05, 4.69) is 0 Å². The lowest BCUT2D eigenvalue weighted by molar-refractivity contribution is -0.117. The molecule has 0 aromatic rings. The molecule has 1 aliphatic heterocycles. The van der Waals surface area contributed by atoms with Gasteiger partial charge in [-0.05, 0) is 26.2 Å². The summed E-state index contributed by atoms with van der Waals surface area (Å²) in [7, 11) is -3.18. The summed E-state index contributed by atoms with van der Waals surface area (Å²) >= 11 is 0. The van der Waals surface area contributed by atoms with Gasteiger partial charge in [0, 0.05) is 19.0 Å². The summed E-state index contributed by atoms with van der Waals surface area (Å²) in [6.45, 7) is 4.12. The summed E-state index contributed by atoms with van der Waals surface area (Å²) in [5.74, 6) is 0.301. The summed E-state index contributed by atoms with van der Waals surface area (Å²) in [4.78, 5) is 11.3. The van der Waals surface area contributed by atoms with E-state index in [1.165, 1.54) is 0 Å². The van der Waals surface area contributed by atoms with Crippen molar-refractivity contribution in [2.45, 2.75) is 64.8 Å². The van der Waals surface area contributed by atoms with E-state index in [1.54, 1.807) is 11.2 Å². The smallest absolute Gasteiger partial charge is 0.214 e. The van der Waals surface area contributed by atoms with Crippen molar-refractivity contribution in [1.82, 2.24) is 4.31 Å². The van der Waals surface area contributed by atoms with E-state index < -0.39 is 10.0 Å². The van der Waals surface area contributed by atoms with Crippen LogP contribution in [-0.2, 0) is 14.8 Å². The zero-order chi connectivity index (χ0) is 13.6. The maximum absolute atomic E-state index is 12.3. The normalized spacial score (nSPS) is 22.7. The van der Waals surface area contributed by atoms with Gasteiger partial charge in [0.05, 0.1) is 5.75 Å². The molecule has 0 spiro atoms. The third-order valence-corrected chi connectivity index (χ3v) is 5.46. The fourth-order valence-corrected chi connectivity index (χ4v) is 4.43. The standard InChI is InChI=1S/C13H25NO3S/c1-3-4-10-18(16,17)14-9-7-5-6-8-13(14)11-12(2)15/h13H,3-11H2,1-2H3. The van der Waals surface area contributed by atoms with Crippen molar-refractivity contribution in [3.05, 3.63) is 0 Å². The molecule has 1 rings (SSSR count). The topological polar surface area (TPSA) is 54.5 Å². The highest BCUT2D eigenvalue weighted by Gasteiger charge is 2.31. The van der Waals surface area contributed by atoms with Crippen LogP contribution >= 0.6 is 0 Å². The first kappa shape index (κ1) is 15.6. The third kappa shape index (κ3) is 4.69. The van der Waals surface area contributed by atoms with E-state index in [9.17, 15) is 13.2 Å². The molecule has 0 radical (unpaired) electrons. The molecule has 1 heterocycles. The van der Waals surface area contributed by atoms with Crippen molar-refractivity contribution in [2.24, 2.45) is 0 Å². The van der Waals surface area contributed by atoms with Crippen LogP contribution in [0.1, 0.15) is 58.8 Å². The Morgan fingerprint density at radius 2 is 2.00 bits per heavy atom. The van der Waals surface area contributed by atoms with Crippen molar-refractivity contribution < 1.29 is 13.2 Å². The Hall–Kier alpha value is -0.420. The molecule has 0 N–H and O–H groups in total. The Morgan fingerprint density at radius 1 is 1.28 bits per heavy atom. The predicted octanol–water partition coefficient (Wildman–Crippen LogP) is 2.34. The van der Waals surface area contributed by atoms with Crippen molar-refractivity contribution in [3.63, 3.8) is 0 Å². The highest BCUT2D eigenvalue weighted by molar-refractivity contribution is 7.89. The molecule has 0 bridgehead atoms. The number of hydrogen-bond acceptors (Lipinski definition) is 3. The van der Waals surface area contributed by atoms with Crippen LogP contribution < -0.4 is 0 Å². The molecule has 4 nitrogen and oxygen atoms in total. The number of Topliss-reactive ketones (excluding diaryl/α,β-unsaturated/α-hetero) is 1. The molecule has 1 saturated heterocycles. The van der Waals surface area contributed by atoms with Crippen LogP contribution in [0.4, 0.5) is 0 Å². The lowest BCUT2D eigenvalue weighted by Crippen LogP contribution is -2.42. The van der Waals surface area contributed by atoms with E-state index in [0.717, 1.165) is 32.1 Å². The zero-order valence-electron chi connectivity index (χ0n) is 11.5. The SMILES string of the molecule is CCCCS(=O)(=O)N1CCCCCC1CC(C)=O. The first-order valence-electron chi connectivity index (χ1n) is 6.96. The fraction of sp³-hybridized carbons (Fsp3) is 0.923. The van der Waals surface area contributed by atoms with Crippen LogP contribution in [0.25, 0.3) is 0 Å². The second kappa shape index (κ2) is 7.24. The first-order valence-corrected chi connectivity index (χ1v) is 8.57. The third-order valence-electron chi connectivity index (χ3n) is 3.46. The van der Waals surface area contributed by atoms with Crippen LogP contribution in [0.5, 0.6) is 0 Å². The quantitative estimate of drug-likeness (QED) is 0.747. The van der Waals surface area contributed by atoms with Gasteiger partial charge >= 0.3 is 0 Å². The molecule has 18 heavy (non-hydrogen) atoms. The highest BCUT2D eigenvalue weighted by Crippen LogP contribution is 2.23. The number of hydrogen-bond donors (Lipinski definition) is 0. The van der Waals surface area contributed by atoms with E-state index in [1.807, 2.05) is 6.92 Å². The maximum Gasteiger partial charge on any atom is 0.214 e. The molecule has 0 amide bonds. The van der Waals surface area contributed by atoms with Crippen LogP contribution in [0.15, 0.2) is 0 Å². The average Bonchev–Trinajstić information content (AvgIpc) is 2.51. The summed E-state index contributed by atoms with van der Waals surface area (Å²) in [5, 5.41) is 0. The molecule has 1 aliphatic rings. The van der Waals surface area contributed by atoms with Gasteiger partial charge in [-0.1, -0.05) is 26.2 Å². The number of nitrogens with zero attached hydrogens (tertiary/aromatic N) is 1. The molecule has 0 aromatic carbocycles. The Kier molecular flexibility index (Phi) is 6.29. The van der Waals surface area contributed by atoms with Gasteiger partial charge in [0.2, 0.25) is 10.0 Å². The Labute approximate surface area is 111 Å². The second-order valence-electron chi connectivity index (χ2n) is 5.19. The van der Waals surface area contributed by atoms with Gasteiger partial charge in [-0.15, -0.1) is 0 Å². The molecule has 0 aliphatic carbocycles. The summed E-state index contributed by atoms with van der Waals surface area (Å²) in [6.07, 6.45) is 5.78. The Bertz CT molecular complexity index is 364. The average molecular weight is 275 g/mol. The largest absolute Gasteiger partial charge is 0.300 e. The fourth-order valence-electron chi connectivity index (χ4n) is 2.50. The summed E-state index contributed by atoms with van der Waals surface area (Å²) < 4.78 is 26.2. The predicted molar refractivity (Wildman–Crippen MR) is 73.0 cm³/mol. The van der Waals surface area contributed by atoms with Crippen molar-refractivity contribution in [1.29, 1.82) is 0 Å². The number of carbonyl (C=O) groups is 1. The van der Waals surface area contributed by atoms with Gasteiger partial charge in [0.15, 0.2) is 0 Å². The van der Waals surface area contributed by atoms with Gasteiger partial charge < -0.3 is 0 Å². The lowest BCUT2D eigenvalue weighted by Gasteiger charge is -2.28. The van der Waals surface area contributed by atoms with Crippen LogP contribution in [0, 0.1) is 0 Å².